The molecule has 0 aliphatic heterocycles. The van der Waals surface area contributed by atoms with Crippen molar-refractivity contribution >= 4 is 33.9 Å². The summed E-state index contributed by atoms with van der Waals surface area (Å²) >= 11 is 1.45. The fourth-order valence-corrected chi connectivity index (χ4v) is 3.71. The highest BCUT2D eigenvalue weighted by atomic mass is 32.1. The van der Waals surface area contributed by atoms with E-state index in [0.29, 0.717) is 16.3 Å². The van der Waals surface area contributed by atoms with Crippen LogP contribution in [-0.4, -0.2) is 33.4 Å². The van der Waals surface area contributed by atoms with Crippen molar-refractivity contribution in [2.45, 2.75) is 12.8 Å². The number of carbonyl (C=O) groups is 2. The highest BCUT2D eigenvalue weighted by Crippen LogP contribution is 2.25. The van der Waals surface area contributed by atoms with Crippen molar-refractivity contribution in [3.8, 4) is 17.0 Å². The van der Waals surface area contributed by atoms with Gasteiger partial charge in [0.25, 0.3) is 0 Å². The van der Waals surface area contributed by atoms with Gasteiger partial charge in [-0.3, -0.25) is 14.9 Å². The quantitative estimate of drug-likeness (QED) is 0.468. The second-order valence-electron chi connectivity index (χ2n) is 6.32. The third-order valence-electron chi connectivity index (χ3n) is 4.39. The van der Waals surface area contributed by atoms with Gasteiger partial charge in [0.2, 0.25) is 16.8 Å². The normalized spacial score (nSPS) is 10.8. The molecule has 0 saturated heterocycles. The minimum absolute atomic E-state index is 0.0588. The van der Waals surface area contributed by atoms with Crippen LogP contribution < -0.4 is 10.1 Å². The maximum absolute atomic E-state index is 12.2. The lowest BCUT2D eigenvalue weighted by Gasteiger charge is -2.03. The summed E-state index contributed by atoms with van der Waals surface area (Å²) in [6, 6.07) is 16.7. The fraction of sp³-hybridized carbons (Fsp3) is 0.143. The van der Waals surface area contributed by atoms with Crippen molar-refractivity contribution in [3.05, 3.63) is 65.5 Å². The lowest BCUT2D eigenvalue weighted by molar-refractivity contribution is -0.116. The van der Waals surface area contributed by atoms with Crippen LogP contribution in [-0.2, 0) is 4.79 Å². The predicted octanol–water partition coefficient (Wildman–Crippen LogP) is 4.07. The maximum atomic E-state index is 12.2. The number of Topliss-reactive ketones (excluding diaryl/α,β-unsaturated/α-hetero) is 1. The van der Waals surface area contributed by atoms with Gasteiger partial charge in [-0.05, 0) is 24.3 Å². The molecule has 0 atom stereocenters. The fourth-order valence-electron chi connectivity index (χ4n) is 2.88. The molecular weight excluding hydrogens is 388 g/mol. The van der Waals surface area contributed by atoms with E-state index in [0.717, 1.165) is 11.3 Å². The third kappa shape index (κ3) is 4.17. The molecule has 0 radical (unpaired) electrons. The molecule has 4 aromatic rings. The lowest BCUT2D eigenvalue weighted by Crippen LogP contribution is -2.14. The molecule has 4 rings (SSSR count). The van der Waals surface area contributed by atoms with Gasteiger partial charge in [-0.15, -0.1) is 16.4 Å². The molecule has 7 nitrogen and oxygen atoms in total. The number of thiazole rings is 1. The zero-order chi connectivity index (χ0) is 20.2. The first-order valence-electron chi connectivity index (χ1n) is 9.01. The molecule has 0 bridgehead atoms. The Kier molecular flexibility index (Phi) is 5.35. The first kappa shape index (κ1) is 18.8. The van der Waals surface area contributed by atoms with Gasteiger partial charge in [0.1, 0.15) is 5.75 Å². The number of nitrogens with one attached hydrogen (secondary N) is 1. The largest absolute Gasteiger partial charge is 0.497 e. The van der Waals surface area contributed by atoms with Crippen LogP contribution in [0.4, 0.5) is 5.95 Å². The minimum Gasteiger partial charge on any atom is -0.497 e. The summed E-state index contributed by atoms with van der Waals surface area (Å²) in [5.74, 6) is 0.509. The Morgan fingerprint density at radius 3 is 2.55 bits per heavy atom. The highest BCUT2D eigenvalue weighted by molar-refractivity contribution is 7.15. The number of hydrogen-bond acceptors (Lipinski definition) is 6. The third-order valence-corrected chi connectivity index (χ3v) is 5.21. The van der Waals surface area contributed by atoms with Crippen LogP contribution in [0.25, 0.3) is 16.2 Å². The standard InChI is InChI=1S/C21H18N4O3S/c1-28-16-9-7-15(8-10-16)18(26)11-12-19(27)22-20-23-21-25(24-20)17(13-29-21)14-5-3-2-4-6-14/h2-10,13H,11-12H2,1H3,(H,22,24,27). The summed E-state index contributed by atoms with van der Waals surface area (Å²) in [4.78, 5) is 29.5. The zero-order valence-corrected chi connectivity index (χ0v) is 16.5. The summed E-state index contributed by atoms with van der Waals surface area (Å²) in [6.45, 7) is 0. The molecule has 0 fully saturated rings. The highest BCUT2D eigenvalue weighted by Gasteiger charge is 2.14. The van der Waals surface area contributed by atoms with Crippen molar-refractivity contribution in [1.29, 1.82) is 0 Å². The van der Waals surface area contributed by atoms with Crippen molar-refractivity contribution in [1.82, 2.24) is 14.6 Å². The van der Waals surface area contributed by atoms with Crippen LogP contribution in [0, 0.1) is 0 Å². The summed E-state index contributed by atoms with van der Waals surface area (Å²) in [6.07, 6.45) is 0.166. The molecular formula is C21H18N4O3S. The second kappa shape index (κ2) is 8.24. The molecule has 2 aromatic carbocycles. The van der Waals surface area contributed by atoms with Crippen LogP contribution >= 0.6 is 11.3 Å². The van der Waals surface area contributed by atoms with Gasteiger partial charge in [0.15, 0.2) is 5.78 Å². The van der Waals surface area contributed by atoms with Gasteiger partial charge < -0.3 is 4.74 Å². The molecule has 8 heteroatoms. The average Bonchev–Trinajstić information content (AvgIpc) is 3.33. The van der Waals surface area contributed by atoms with E-state index < -0.39 is 0 Å². The SMILES string of the molecule is COc1ccc(C(=O)CCC(=O)Nc2nc3scc(-c4ccccc4)n3n2)cc1. The van der Waals surface area contributed by atoms with Crippen LogP contribution in [0.3, 0.4) is 0 Å². The smallest absolute Gasteiger partial charge is 0.250 e. The first-order valence-corrected chi connectivity index (χ1v) is 9.89. The number of methoxy groups -OCH3 is 1. The van der Waals surface area contributed by atoms with Gasteiger partial charge in [-0.2, -0.15) is 4.98 Å². The van der Waals surface area contributed by atoms with Crippen LogP contribution in [0.5, 0.6) is 5.75 Å². The maximum Gasteiger partial charge on any atom is 0.250 e. The van der Waals surface area contributed by atoms with E-state index in [1.165, 1.54) is 11.3 Å². The molecule has 0 aliphatic rings. The number of ketones is 1. The Morgan fingerprint density at radius 2 is 1.83 bits per heavy atom. The number of amides is 1. The van der Waals surface area contributed by atoms with Crippen molar-refractivity contribution in [3.63, 3.8) is 0 Å². The predicted molar refractivity (Wildman–Crippen MR) is 111 cm³/mol. The number of carbonyl (C=O) groups excluding carboxylic acids is 2. The molecule has 1 N–H and O–H groups in total. The number of fused-ring (bicyclic) bond motifs is 1. The number of rotatable bonds is 7. The molecule has 0 unspecified atom stereocenters. The number of ether oxygens (including phenoxy) is 1. The molecule has 1 amide bonds. The number of anilines is 1. The van der Waals surface area contributed by atoms with E-state index in [9.17, 15) is 9.59 Å². The van der Waals surface area contributed by atoms with Crippen molar-refractivity contribution < 1.29 is 14.3 Å². The van der Waals surface area contributed by atoms with Gasteiger partial charge in [-0.25, -0.2) is 4.52 Å². The summed E-state index contributed by atoms with van der Waals surface area (Å²) < 4.78 is 6.78. The number of nitrogens with zero attached hydrogens (tertiary/aromatic N) is 3. The summed E-state index contributed by atoms with van der Waals surface area (Å²) in [5.41, 5.74) is 2.48. The zero-order valence-electron chi connectivity index (χ0n) is 15.7. The molecule has 0 aliphatic carbocycles. The summed E-state index contributed by atoms with van der Waals surface area (Å²) in [5, 5.41) is 9.03. The minimum atomic E-state index is -0.300. The number of hydrogen-bond donors (Lipinski definition) is 1. The molecule has 2 heterocycles. The van der Waals surface area contributed by atoms with Crippen molar-refractivity contribution in [2.75, 3.05) is 12.4 Å². The Morgan fingerprint density at radius 1 is 1.07 bits per heavy atom. The molecule has 146 valence electrons. The van der Waals surface area contributed by atoms with E-state index in [4.69, 9.17) is 4.74 Å². The lowest BCUT2D eigenvalue weighted by atomic mass is 10.1. The number of benzene rings is 2. The van der Waals surface area contributed by atoms with Crippen molar-refractivity contribution in [2.24, 2.45) is 0 Å². The Balaban J connectivity index is 1.39. The Hall–Kier alpha value is -3.52. The topological polar surface area (TPSA) is 85.6 Å². The van der Waals surface area contributed by atoms with E-state index in [-0.39, 0.29) is 30.5 Å². The first-order chi connectivity index (χ1) is 14.1. The van der Waals surface area contributed by atoms with E-state index in [1.807, 2.05) is 35.7 Å². The summed E-state index contributed by atoms with van der Waals surface area (Å²) in [7, 11) is 1.57. The second-order valence-corrected chi connectivity index (χ2v) is 7.15. The average molecular weight is 406 g/mol. The Labute approximate surface area is 171 Å². The molecule has 0 saturated carbocycles. The van der Waals surface area contributed by atoms with Crippen LogP contribution in [0.1, 0.15) is 23.2 Å². The monoisotopic (exact) mass is 406 g/mol. The Bertz CT molecular complexity index is 1150. The molecule has 2 aromatic heterocycles. The van der Waals surface area contributed by atoms with Gasteiger partial charge in [-0.1, -0.05) is 30.3 Å². The van der Waals surface area contributed by atoms with E-state index in [2.05, 4.69) is 15.4 Å². The van der Waals surface area contributed by atoms with E-state index in [1.54, 1.807) is 35.9 Å². The molecule has 0 spiro atoms. The van der Waals surface area contributed by atoms with Gasteiger partial charge in [0.05, 0.1) is 12.8 Å². The van der Waals surface area contributed by atoms with Crippen LogP contribution in [0.15, 0.2) is 60.0 Å². The van der Waals surface area contributed by atoms with E-state index >= 15 is 0 Å². The number of aromatic nitrogens is 3. The van der Waals surface area contributed by atoms with Gasteiger partial charge in [0, 0.05) is 29.3 Å². The van der Waals surface area contributed by atoms with Gasteiger partial charge >= 0.3 is 0 Å². The molecule has 29 heavy (non-hydrogen) atoms. The van der Waals surface area contributed by atoms with Crippen LogP contribution in [0.2, 0.25) is 0 Å².